The highest BCUT2D eigenvalue weighted by atomic mass is 35.5. The van der Waals surface area contributed by atoms with Crippen LogP contribution in [0, 0.1) is 0 Å². The van der Waals surface area contributed by atoms with Gasteiger partial charge in [-0.15, -0.1) is 0 Å². The first-order valence-electron chi connectivity index (χ1n) is 16.3. The van der Waals surface area contributed by atoms with Crippen molar-refractivity contribution in [2.75, 3.05) is 64.7 Å². The molecule has 2 atom stereocenters. The third kappa shape index (κ3) is 17.4. The molecule has 0 aliphatic rings. The van der Waals surface area contributed by atoms with Gasteiger partial charge < -0.3 is 40.1 Å². The van der Waals surface area contributed by atoms with Crippen LogP contribution in [-0.4, -0.2) is 100 Å². The summed E-state index contributed by atoms with van der Waals surface area (Å²) in [6.07, 6.45) is 1.69. The minimum atomic E-state index is -1.13. The molecule has 1 aromatic heterocycles. The Hall–Kier alpha value is -3.53. The minimum absolute atomic E-state index is 0.0511. The van der Waals surface area contributed by atoms with E-state index in [0.29, 0.717) is 60.6 Å². The number of methoxy groups -OCH3 is 1. The maximum atomic E-state index is 13.6. The molecule has 0 aliphatic carbocycles. The third-order valence-electron chi connectivity index (χ3n) is 6.72. The zero-order chi connectivity index (χ0) is 36.9. The standard InChI is InChI=1S/C34H49Cl2N5O9/c1-34(2,3)50-33(45)41(29-9-5-7-12-38-29)13-8-6-10-30(42)39-28(23-49-18-17-48-16-15-47-14-11-37)32(44)40-27(22-31(43)46-4)24-19-25(35)21-26(36)20-24/h5,7,9,12,19-21,27-28H,6,8,10-11,13-18,22-23,37H2,1-4H3,(H,39,42)(H,40,44). The molecule has 2 aromatic rings. The van der Waals surface area contributed by atoms with Gasteiger partial charge in [-0.25, -0.2) is 9.78 Å². The van der Waals surface area contributed by atoms with E-state index in [4.69, 9.17) is 52.6 Å². The van der Waals surface area contributed by atoms with E-state index in [0.717, 1.165) is 0 Å². The molecule has 0 radical (unpaired) electrons. The number of carbonyl (C=O) groups is 4. The maximum absolute atomic E-state index is 13.6. The van der Waals surface area contributed by atoms with Crippen LogP contribution in [0.4, 0.5) is 10.6 Å². The van der Waals surface area contributed by atoms with Crippen LogP contribution in [0.3, 0.4) is 0 Å². The number of carbonyl (C=O) groups excluding carboxylic acids is 4. The average molecular weight is 743 g/mol. The molecule has 0 saturated heterocycles. The van der Waals surface area contributed by atoms with Crippen LogP contribution in [-0.2, 0) is 38.1 Å². The zero-order valence-electron chi connectivity index (χ0n) is 29.1. The minimum Gasteiger partial charge on any atom is -0.469 e. The summed E-state index contributed by atoms with van der Waals surface area (Å²) in [4.78, 5) is 57.5. The van der Waals surface area contributed by atoms with Gasteiger partial charge >= 0.3 is 12.1 Å². The number of nitrogens with zero attached hydrogens (tertiary/aromatic N) is 2. The van der Waals surface area contributed by atoms with Crippen LogP contribution in [0.1, 0.15) is 58.1 Å². The monoisotopic (exact) mass is 741 g/mol. The van der Waals surface area contributed by atoms with E-state index in [-0.39, 0.29) is 39.2 Å². The van der Waals surface area contributed by atoms with Crippen molar-refractivity contribution in [3.63, 3.8) is 0 Å². The molecule has 0 fully saturated rings. The van der Waals surface area contributed by atoms with E-state index in [1.807, 2.05) is 0 Å². The Morgan fingerprint density at radius 2 is 1.58 bits per heavy atom. The van der Waals surface area contributed by atoms with Gasteiger partial charge in [0, 0.05) is 35.8 Å². The maximum Gasteiger partial charge on any atom is 0.416 e. The average Bonchev–Trinajstić information content (AvgIpc) is 3.05. The molecule has 14 nitrogen and oxygen atoms in total. The van der Waals surface area contributed by atoms with Crippen molar-refractivity contribution in [3.05, 3.63) is 58.2 Å². The summed E-state index contributed by atoms with van der Waals surface area (Å²) >= 11 is 12.4. The molecule has 16 heteroatoms. The summed E-state index contributed by atoms with van der Waals surface area (Å²) in [5, 5.41) is 6.15. The molecule has 50 heavy (non-hydrogen) atoms. The van der Waals surface area contributed by atoms with E-state index in [9.17, 15) is 19.2 Å². The first-order valence-corrected chi connectivity index (χ1v) is 17.1. The van der Waals surface area contributed by atoms with Crippen LogP contribution in [0.2, 0.25) is 10.0 Å². The first kappa shape index (κ1) is 42.6. The van der Waals surface area contributed by atoms with Gasteiger partial charge in [-0.2, -0.15) is 0 Å². The highest BCUT2D eigenvalue weighted by molar-refractivity contribution is 6.34. The lowest BCUT2D eigenvalue weighted by atomic mass is 10.0. The lowest BCUT2D eigenvalue weighted by Gasteiger charge is -2.26. The number of benzene rings is 1. The first-order chi connectivity index (χ1) is 23.8. The highest BCUT2D eigenvalue weighted by Crippen LogP contribution is 2.26. The van der Waals surface area contributed by atoms with Crippen molar-refractivity contribution < 1.29 is 42.9 Å². The van der Waals surface area contributed by atoms with E-state index in [2.05, 4.69) is 15.6 Å². The number of hydrogen-bond acceptors (Lipinski definition) is 11. The zero-order valence-corrected chi connectivity index (χ0v) is 30.6. The second-order valence-electron chi connectivity index (χ2n) is 12.0. The molecule has 3 amide bonds. The van der Waals surface area contributed by atoms with Gasteiger partial charge in [0.25, 0.3) is 0 Å². The fourth-order valence-corrected chi connectivity index (χ4v) is 4.95. The number of aromatic nitrogens is 1. The Morgan fingerprint density at radius 3 is 2.18 bits per heavy atom. The summed E-state index contributed by atoms with van der Waals surface area (Å²) in [5.41, 5.74) is 5.16. The summed E-state index contributed by atoms with van der Waals surface area (Å²) in [6, 6.07) is 7.88. The Labute approximate surface area is 303 Å². The number of anilines is 1. The van der Waals surface area contributed by atoms with Gasteiger partial charge in [-0.1, -0.05) is 29.3 Å². The van der Waals surface area contributed by atoms with Gasteiger partial charge in [0.1, 0.15) is 17.5 Å². The van der Waals surface area contributed by atoms with Gasteiger partial charge in [0.05, 0.1) is 59.2 Å². The summed E-state index contributed by atoms with van der Waals surface area (Å²) in [6.45, 7) is 7.32. The molecule has 0 spiro atoms. The number of rotatable bonds is 22. The van der Waals surface area contributed by atoms with Gasteiger partial charge in [0.15, 0.2) is 0 Å². The molecule has 4 N–H and O–H groups in total. The topological polar surface area (TPSA) is 181 Å². The van der Waals surface area contributed by atoms with E-state index < -0.39 is 41.6 Å². The number of nitrogens with one attached hydrogen (secondary N) is 2. The predicted molar refractivity (Wildman–Crippen MR) is 189 cm³/mol. The lowest BCUT2D eigenvalue weighted by Crippen LogP contribution is -2.50. The van der Waals surface area contributed by atoms with Gasteiger partial charge in [-0.3, -0.25) is 19.3 Å². The predicted octanol–water partition coefficient (Wildman–Crippen LogP) is 4.21. The van der Waals surface area contributed by atoms with Crippen molar-refractivity contribution in [1.82, 2.24) is 15.6 Å². The number of nitrogens with two attached hydrogens (primary N) is 1. The number of unbranched alkanes of at least 4 members (excludes halogenated alkanes) is 1. The smallest absolute Gasteiger partial charge is 0.416 e. The Balaban J connectivity index is 2.07. The fourth-order valence-electron chi connectivity index (χ4n) is 4.41. The largest absolute Gasteiger partial charge is 0.469 e. The molecule has 278 valence electrons. The van der Waals surface area contributed by atoms with Gasteiger partial charge in [-0.05, 0) is 69.5 Å². The normalized spacial score (nSPS) is 12.5. The molecular formula is C34H49Cl2N5O9. The summed E-state index contributed by atoms with van der Waals surface area (Å²) in [5.74, 6) is -1.18. The Bertz CT molecular complexity index is 1330. The summed E-state index contributed by atoms with van der Waals surface area (Å²) < 4.78 is 26.8. The van der Waals surface area contributed by atoms with Crippen LogP contribution in [0.5, 0.6) is 0 Å². The van der Waals surface area contributed by atoms with Gasteiger partial charge in [0.2, 0.25) is 11.8 Å². The van der Waals surface area contributed by atoms with Crippen LogP contribution in [0.15, 0.2) is 42.6 Å². The second kappa shape index (κ2) is 23.0. The lowest BCUT2D eigenvalue weighted by molar-refractivity contribution is -0.141. The molecule has 0 saturated carbocycles. The van der Waals surface area contributed by atoms with Crippen molar-refractivity contribution >= 4 is 52.9 Å². The Morgan fingerprint density at radius 1 is 0.920 bits per heavy atom. The van der Waals surface area contributed by atoms with Crippen molar-refractivity contribution in [2.24, 2.45) is 5.73 Å². The molecule has 1 aromatic carbocycles. The molecule has 2 rings (SSSR count). The van der Waals surface area contributed by atoms with Crippen LogP contribution in [0.25, 0.3) is 0 Å². The van der Waals surface area contributed by atoms with E-state index >= 15 is 0 Å². The van der Waals surface area contributed by atoms with Crippen molar-refractivity contribution in [3.8, 4) is 0 Å². The highest BCUT2D eigenvalue weighted by Gasteiger charge is 2.27. The molecule has 2 unspecified atom stereocenters. The molecular weight excluding hydrogens is 693 g/mol. The molecule has 0 aliphatic heterocycles. The number of amides is 3. The van der Waals surface area contributed by atoms with E-state index in [1.54, 1.807) is 57.3 Å². The SMILES string of the molecule is COC(=O)CC(NC(=O)C(COCCOCCOCCN)NC(=O)CCCCN(C(=O)OC(C)(C)C)c1ccccn1)c1cc(Cl)cc(Cl)c1. The third-order valence-corrected chi connectivity index (χ3v) is 7.16. The number of ether oxygens (including phenoxy) is 5. The number of hydrogen-bond donors (Lipinski definition) is 3. The molecule has 1 heterocycles. The van der Waals surface area contributed by atoms with Crippen molar-refractivity contribution in [1.29, 1.82) is 0 Å². The van der Waals surface area contributed by atoms with Crippen LogP contribution < -0.4 is 21.3 Å². The van der Waals surface area contributed by atoms with Crippen LogP contribution >= 0.6 is 23.2 Å². The second-order valence-corrected chi connectivity index (χ2v) is 12.9. The quantitative estimate of drug-likeness (QED) is 0.116. The van der Waals surface area contributed by atoms with Crippen molar-refractivity contribution in [2.45, 2.75) is 64.1 Å². The van der Waals surface area contributed by atoms with E-state index in [1.165, 1.54) is 18.1 Å². The molecule has 0 bridgehead atoms. The number of pyridine rings is 1. The fraction of sp³-hybridized carbons (Fsp3) is 0.559. The Kier molecular flexibility index (Phi) is 19.6. The summed E-state index contributed by atoms with van der Waals surface area (Å²) in [7, 11) is 1.23. The number of esters is 1. The number of halogens is 2.